The highest BCUT2D eigenvalue weighted by atomic mass is 14.9. The maximum atomic E-state index is 5.10. The first-order chi connectivity index (χ1) is 24.8. The predicted octanol–water partition coefficient (Wildman–Crippen LogP) is 11.6. The second kappa shape index (κ2) is 12.7. The highest BCUT2D eigenvalue weighted by Crippen LogP contribution is 2.35. The van der Waals surface area contributed by atoms with Crippen molar-refractivity contribution in [3.8, 4) is 67.4 Å². The van der Waals surface area contributed by atoms with Gasteiger partial charge in [0, 0.05) is 39.2 Å². The Balaban J connectivity index is 1.09. The van der Waals surface area contributed by atoms with Crippen LogP contribution in [-0.2, 0) is 0 Å². The van der Waals surface area contributed by atoms with E-state index >= 15 is 0 Å². The zero-order valence-corrected chi connectivity index (χ0v) is 27.1. The molecule has 0 saturated carbocycles. The highest BCUT2D eigenvalue weighted by Gasteiger charge is 2.14. The molecule has 234 valence electrons. The van der Waals surface area contributed by atoms with Gasteiger partial charge in [-0.3, -0.25) is 4.98 Å². The van der Waals surface area contributed by atoms with Crippen LogP contribution in [0.4, 0.5) is 0 Å². The maximum Gasteiger partial charge on any atom is 0.160 e. The van der Waals surface area contributed by atoms with Crippen LogP contribution in [-0.4, -0.2) is 19.9 Å². The fourth-order valence-corrected chi connectivity index (χ4v) is 6.60. The van der Waals surface area contributed by atoms with Crippen molar-refractivity contribution < 1.29 is 0 Å². The molecule has 0 saturated heterocycles. The summed E-state index contributed by atoms with van der Waals surface area (Å²) in [5, 5.41) is 2.17. The van der Waals surface area contributed by atoms with E-state index in [1.54, 1.807) is 0 Å². The highest BCUT2D eigenvalue weighted by molar-refractivity contribution is 6.03. The van der Waals surface area contributed by atoms with E-state index in [1.165, 1.54) is 0 Å². The van der Waals surface area contributed by atoms with Gasteiger partial charge in [-0.15, -0.1) is 0 Å². The summed E-state index contributed by atoms with van der Waals surface area (Å²) >= 11 is 0. The molecule has 0 atom stereocenters. The average Bonchev–Trinajstić information content (AvgIpc) is 3.21. The Morgan fingerprint density at radius 2 is 0.920 bits per heavy atom. The van der Waals surface area contributed by atoms with Gasteiger partial charge in [-0.25, -0.2) is 15.0 Å². The molecule has 0 aliphatic heterocycles. The largest absolute Gasteiger partial charge is 0.254 e. The molecule has 6 aromatic carbocycles. The normalized spacial score (nSPS) is 11.2. The lowest BCUT2D eigenvalue weighted by atomic mass is 9.96. The zero-order chi connectivity index (χ0) is 33.3. The fourth-order valence-electron chi connectivity index (χ4n) is 6.60. The van der Waals surface area contributed by atoms with Crippen molar-refractivity contribution in [1.82, 2.24) is 19.9 Å². The topological polar surface area (TPSA) is 51.6 Å². The average molecular weight is 639 g/mol. The number of hydrogen-bond acceptors (Lipinski definition) is 4. The van der Waals surface area contributed by atoms with E-state index in [2.05, 4.69) is 151 Å². The second-order valence-corrected chi connectivity index (χ2v) is 12.3. The Kier molecular flexibility index (Phi) is 7.45. The Bertz CT molecular complexity index is 2630. The second-order valence-electron chi connectivity index (χ2n) is 12.3. The van der Waals surface area contributed by atoms with Crippen molar-refractivity contribution in [1.29, 1.82) is 0 Å². The Morgan fingerprint density at radius 3 is 1.72 bits per heavy atom. The quantitative estimate of drug-likeness (QED) is 0.170. The molecular weight excluding hydrogens is 609 g/mol. The van der Waals surface area contributed by atoms with Crippen molar-refractivity contribution in [3.63, 3.8) is 0 Å². The lowest BCUT2D eigenvalue weighted by Crippen LogP contribution is -1.97. The number of rotatable bonds is 6. The summed E-state index contributed by atoms with van der Waals surface area (Å²) in [6, 6.07) is 60.9. The Hall–Kier alpha value is -6.78. The molecule has 3 heterocycles. The van der Waals surface area contributed by atoms with Gasteiger partial charge in [0.15, 0.2) is 5.82 Å². The molecule has 0 aliphatic carbocycles. The third-order valence-corrected chi connectivity index (χ3v) is 9.15. The Labute approximate surface area is 290 Å². The van der Waals surface area contributed by atoms with Crippen molar-refractivity contribution in [2.45, 2.75) is 0 Å². The molecule has 3 aromatic heterocycles. The van der Waals surface area contributed by atoms with Gasteiger partial charge in [-0.2, -0.15) is 0 Å². The number of aromatic nitrogens is 4. The molecular formula is C46H30N4. The monoisotopic (exact) mass is 638 g/mol. The van der Waals surface area contributed by atoms with E-state index in [4.69, 9.17) is 15.0 Å². The summed E-state index contributed by atoms with van der Waals surface area (Å²) in [5.41, 5.74) is 13.2. The van der Waals surface area contributed by atoms with Crippen molar-refractivity contribution in [3.05, 3.63) is 182 Å². The molecule has 0 spiro atoms. The van der Waals surface area contributed by atoms with Crippen LogP contribution in [0.25, 0.3) is 89.2 Å². The van der Waals surface area contributed by atoms with Gasteiger partial charge in [0.2, 0.25) is 0 Å². The van der Waals surface area contributed by atoms with Gasteiger partial charge in [-0.05, 0) is 46.5 Å². The van der Waals surface area contributed by atoms with Gasteiger partial charge >= 0.3 is 0 Å². The molecule has 4 nitrogen and oxygen atoms in total. The molecule has 0 amide bonds. The summed E-state index contributed by atoms with van der Waals surface area (Å²) in [5.74, 6) is 0.698. The van der Waals surface area contributed by atoms with Crippen LogP contribution < -0.4 is 0 Å². The van der Waals surface area contributed by atoms with E-state index in [9.17, 15) is 0 Å². The van der Waals surface area contributed by atoms with Crippen LogP contribution in [0.15, 0.2) is 182 Å². The fraction of sp³-hybridized carbons (Fsp3) is 0. The molecule has 0 unspecified atom stereocenters. The molecule has 4 heteroatoms. The molecule has 0 fully saturated rings. The van der Waals surface area contributed by atoms with Gasteiger partial charge in [0.05, 0.1) is 28.1 Å². The number of fused-ring (bicyclic) bond motifs is 3. The Morgan fingerprint density at radius 1 is 0.300 bits per heavy atom. The number of benzene rings is 6. The first-order valence-corrected chi connectivity index (χ1v) is 16.7. The van der Waals surface area contributed by atoms with E-state index in [0.29, 0.717) is 5.82 Å². The number of hydrogen-bond donors (Lipinski definition) is 0. The van der Waals surface area contributed by atoms with Crippen LogP contribution in [0.1, 0.15) is 0 Å². The first-order valence-electron chi connectivity index (χ1n) is 16.7. The maximum absolute atomic E-state index is 5.10. The van der Waals surface area contributed by atoms with Gasteiger partial charge in [-0.1, -0.05) is 152 Å². The standard InChI is InChI=1S/C46H30N4/c1-3-11-32(12-4-1)39-18-7-8-19-40(39)43-30-42(49-46(50-43)36-13-5-2-6-14-36)33-22-20-31(21-23-33)37-15-9-16-38(29-37)41-27-26-35-25-24-34-17-10-28-47-44(34)45(35)48-41/h1-30H. The van der Waals surface area contributed by atoms with E-state index in [0.717, 1.165) is 83.4 Å². The van der Waals surface area contributed by atoms with Crippen molar-refractivity contribution in [2.24, 2.45) is 0 Å². The van der Waals surface area contributed by atoms with Crippen LogP contribution in [0.2, 0.25) is 0 Å². The van der Waals surface area contributed by atoms with Crippen LogP contribution in [0.3, 0.4) is 0 Å². The summed E-state index contributed by atoms with van der Waals surface area (Å²) in [7, 11) is 0. The number of pyridine rings is 2. The lowest BCUT2D eigenvalue weighted by molar-refractivity contribution is 1.18. The summed E-state index contributed by atoms with van der Waals surface area (Å²) in [6.45, 7) is 0. The summed E-state index contributed by atoms with van der Waals surface area (Å²) < 4.78 is 0. The molecule has 9 aromatic rings. The van der Waals surface area contributed by atoms with Gasteiger partial charge in [0.25, 0.3) is 0 Å². The summed E-state index contributed by atoms with van der Waals surface area (Å²) in [6.07, 6.45) is 1.83. The van der Waals surface area contributed by atoms with E-state index in [1.807, 2.05) is 36.5 Å². The van der Waals surface area contributed by atoms with Crippen molar-refractivity contribution in [2.75, 3.05) is 0 Å². The smallest absolute Gasteiger partial charge is 0.160 e. The molecule has 9 rings (SSSR count). The van der Waals surface area contributed by atoms with Gasteiger partial charge in [0.1, 0.15) is 0 Å². The summed E-state index contributed by atoms with van der Waals surface area (Å²) in [4.78, 5) is 19.9. The SMILES string of the molecule is c1ccc(-c2nc(-c3ccc(-c4cccc(-c5ccc6ccc7cccnc7c6n5)c4)cc3)cc(-c3ccccc3-c3ccccc3)n2)cc1. The minimum Gasteiger partial charge on any atom is -0.254 e. The lowest BCUT2D eigenvalue weighted by Gasteiger charge is -2.13. The van der Waals surface area contributed by atoms with E-state index in [-0.39, 0.29) is 0 Å². The third-order valence-electron chi connectivity index (χ3n) is 9.15. The molecule has 0 aliphatic rings. The minimum absolute atomic E-state index is 0.698. The minimum atomic E-state index is 0.698. The first kappa shape index (κ1) is 29.4. The molecule has 0 bridgehead atoms. The van der Waals surface area contributed by atoms with Crippen LogP contribution in [0.5, 0.6) is 0 Å². The van der Waals surface area contributed by atoms with Crippen LogP contribution in [0, 0.1) is 0 Å². The zero-order valence-electron chi connectivity index (χ0n) is 27.1. The van der Waals surface area contributed by atoms with Crippen LogP contribution >= 0.6 is 0 Å². The molecule has 0 radical (unpaired) electrons. The predicted molar refractivity (Wildman–Crippen MR) is 205 cm³/mol. The third kappa shape index (κ3) is 5.59. The molecule has 50 heavy (non-hydrogen) atoms. The molecule has 0 N–H and O–H groups in total. The van der Waals surface area contributed by atoms with E-state index < -0.39 is 0 Å². The van der Waals surface area contributed by atoms with Crippen molar-refractivity contribution >= 4 is 21.8 Å². The number of nitrogens with zero attached hydrogens (tertiary/aromatic N) is 4. The van der Waals surface area contributed by atoms with Gasteiger partial charge < -0.3 is 0 Å².